The zero-order valence-electron chi connectivity index (χ0n) is 12.3. The lowest BCUT2D eigenvalue weighted by molar-refractivity contribution is -0.301. The highest BCUT2D eigenvalue weighted by Gasteiger charge is 2.60. The molecule has 0 spiro atoms. The first kappa shape index (κ1) is 19.3. The van der Waals surface area contributed by atoms with Crippen molar-refractivity contribution < 1.29 is 48.3 Å². The third kappa shape index (κ3) is 4.88. The van der Waals surface area contributed by atoms with Crippen molar-refractivity contribution in [2.75, 3.05) is 0 Å². The van der Waals surface area contributed by atoms with Crippen molar-refractivity contribution >= 4 is 39.8 Å². The van der Waals surface area contributed by atoms with Crippen LogP contribution in [0.1, 0.15) is 20.8 Å². The van der Waals surface area contributed by atoms with Crippen molar-refractivity contribution in [1.29, 1.82) is 0 Å². The van der Waals surface area contributed by atoms with Gasteiger partial charge in [0.15, 0.2) is 18.3 Å². The summed E-state index contributed by atoms with van der Waals surface area (Å²) in [6, 6.07) is 0. The van der Waals surface area contributed by atoms with E-state index in [9.17, 15) is 29.4 Å². The molecule has 0 saturated carbocycles. The Morgan fingerprint density at radius 2 is 1.39 bits per heavy atom. The molecule has 1 fully saturated rings. The third-order valence-corrected chi connectivity index (χ3v) is 3.34. The van der Waals surface area contributed by atoms with Crippen molar-refractivity contribution in [2.24, 2.45) is 0 Å². The SMILES string of the molecule is CC(=O)O[C@H]1[C@H](OC(C)=O)[C@@H](OC(C)=O)C(O)(Br)O[C@@H]1C(=O)O. The largest absolute Gasteiger partial charge is 0.479 e. The first-order valence-electron chi connectivity index (χ1n) is 6.29. The highest BCUT2D eigenvalue weighted by molar-refractivity contribution is 9.10. The van der Waals surface area contributed by atoms with E-state index in [2.05, 4.69) is 15.9 Å². The lowest BCUT2D eigenvalue weighted by Crippen LogP contribution is -2.66. The Labute approximate surface area is 138 Å². The maximum absolute atomic E-state index is 11.3. The molecule has 0 bridgehead atoms. The summed E-state index contributed by atoms with van der Waals surface area (Å²) in [4.78, 5) is 45.0. The van der Waals surface area contributed by atoms with Crippen molar-refractivity contribution in [2.45, 2.75) is 49.9 Å². The fourth-order valence-corrected chi connectivity index (χ4v) is 2.57. The van der Waals surface area contributed by atoms with E-state index < -0.39 is 53.0 Å². The quantitative estimate of drug-likeness (QED) is 0.354. The molecule has 1 aliphatic rings. The van der Waals surface area contributed by atoms with E-state index in [1.165, 1.54) is 0 Å². The number of carboxylic acids is 1. The summed E-state index contributed by atoms with van der Waals surface area (Å²) in [5.74, 6) is -4.22. The molecule has 11 heteroatoms. The first-order chi connectivity index (χ1) is 10.5. The van der Waals surface area contributed by atoms with E-state index in [0.717, 1.165) is 20.8 Å². The second kappa shape index (κ2) is 7.23. The van der Waals surface area contributed by atoms with Gasteiger partial charge in [-0.05, 0) is 15.9 Å². The van der Waals surface area contributed by atoms with Crippen LogP contribution < -0.4 is 0 Å². The molecule has 1 rings (SSSR count). The van der Waals surface area contributed by atoms with Gasteiger partial charge >= 0.3 is 23.9 Å². The number of rotatable bonds is 4. The van der Waals surface area contributed by atoms with Gasteiger partial charge in [0.25, 0.3) is 4.70 Å². The Hall–Kier alpha value is -1.72. The van der Waals surface area contributed by atoms with Crippen LogP contribution in [0.15, 0.2) is 0 Å². The molecule has 1 heterocycles. The first-order valence-corrected chi connectivity index (χ1v) is 7.08. The summed E-state index contributed by atoms with van der Waals surface area (Å²) in [5, 5.41) is 19.3. The molecule has 0 amide bonds. The average Bonchev–Trinajstić information content (AvgIpc) is 2.35. The average molecular weight is 399 g/mol. The molecule has 1 unspecified atom stereocenters. The van der Waals surface area contributed by atoms with Gasteiger partial charge in [0.2, 0.25) is 6.10 Å². The lowest BCUT2D eigenvalue weighted by atomic mass is 9.98. The number of halogens is 1. The second-order valence-corrected chi connectivity index (χ2v) is 5.80. The van der Waals surface area contributed by atoms with Gasteiger partial charge < -0.3 is 29.2 Å². The Morgan fingerprint density at radius 1 is 0.957 bits per heavy atom. The Morgan fingerprint density at radius 3 is 1.78 bits per heavy atom. The number of aliphatic hydroxyl groups is 1. The van der Waals surface area contributed by atoms with Gasteiger partial charge in [0.1, 0.15) is 0 Å². The van der Waals surface area contributed by atoms with Gasteiger partial charge in [-0.25, -0.2) is 4.79 Å². The topological polar surface area (TPSA) is 146 Å². The molecule has 5 atom stereocenters. The highest BCUT2D eigenvalue weighted by atomic mass is 79.9. The molecule has 130 valence electrons. The highest BCUT2D eigenvalue weighted by Crippen LogP contribution is 2.37. The minimum absolute atomic E-state index is 0.871. The van der Waals surface area contributed by atoms with Crippen LogP contribution in [0.2, 0.25) is 0 Å². The number of carbonyl (C=O) groups is 4. The maximum atomic E-state index is 11.3. The van der Waals surface area contributed by atoms with Crippen LogP contribution in [0.3, 0.4) is 0 Å². The van der Waals surface area contributed by atoms with Gasteiger partial charge in [-0.2, -0.15) is 0 Å². The van der Waals surface area contributed by atoms with E-state index in [1.807, 2.05) is 0 Å². The number of hydrogen-bond acceptors (Lipinski definition) is 9. The normalized spacial score (nSPS) is 33.4. The van der Waals surface area contributed by atoms with E-state index in [4.69, 9.17) is 18.9 Å². The minimum atomic E-state index is -2.47. The van der Waals surface area contributed by atoms with E-state index in [-0.39, 0.29) is 0 Å². The van der Waals surface area contributed by atoms with Gasteiger partial charge in [0, 0.05) is 20.8 Å². The fourth-order valence-electron chi connectivity index (χ4n) is 2.01. The van der Waals surface area contributed by atoms with Gasteiger partial charge in [-0.1, -0.05) is 0 Å². The van der Waals surface area contributed by atoms with Gasteiger partial charge in [-0.3, -0.25) is 14.4 Å². The number of ether oxygens (including phenoxy) is 4. The molecule has 0 radical (unpaired) electrons. The number of carbonyl (C=O) groups excluding carboxylic acids is 3. The zero-order chi connectivity index (χ0) is 17.9. The van der Waals surface area contributed by atoms with Crippen LogP contribution in [-0.2, 0) is 38.1 Å². The number of esters is 3. The van der Waals surface area contributed by atoms with Crippen LogP contribution in [0.25, 0.3) is 0 Å². The standard InChI is InChI=1S/C12H15BrO10/c1-4(14)20-7-8(21-5(2)15)10(22-6(3)16)12(13,19)23-9(7)11(17)18/h7-10,19H,1-3H3,(H,17,18)/t7-,8-,9-,10+,12?/m0/s1. The van der Waals surface area contributed by atoms with Gasteiger partial charge in [-0.15, -0.1) is 0 Å². The Bertz CT molecular complexity index is 516. The fraction of sp³-hybridized carbons (Fsp3) is 0.667. The molecule has 23 heavy (non-hydrogen) atoms. The summed E-state index contributed by atoms with van der Waals surface area (Å²) in [6.45, 7) is 3.02. The van der Waals surface area contributed by atoms with E-state index in [1.54, 1.807) is 0 Å². The Kier molecular flexibility index (Phi) is 6.08. The zero-order valence-corrected chi connectivity index (χ0v) is 13.9. The van der Waals surface area contributed by atoms with Crippen LogP contribution in [0, 0.1) is 0 Å². The lowest BCUT2D eigenvalue weighted by Gasteiger charge is -2.44. The summed E-state index contributed by atoms with van der Waals surface area (Å²) < 4.78 is 17.0. The molecule has 1 saturated heterocycles. The number of aliphatic carboxylic acids is 1. The van der Waals surface area contributed by atoms with Crippen LogP contribution in [0.4, 0.5) is 0 Å². The van der Waals surface area contributed by atoms with Crippen molar-refractivity contribution in [3.63, 3.8) is 0 Å². The van der Waals surface area contributed by atoms with E-state index >= 15 is 0 Å². The van der Waals surface area contributed by atoms with Crippen molar-refractivity contribution in [3.05, 3.63) is 0 Å². The van der Waals surface area contributed by atoms with Crippen LogP contribution in [-0.4, -0.2) is 63.2 Å². The maximum Gasteiger partial charge on any atom is 0.337 e. The van der Waals surface area contributed by atoms with Crippen LogP contribution in [0.5, 0.6) is 0 Å². The minimum Gasteiger partial charge on any atom is -0.479 e. The third-order valence-electron chi connectivity index (χ3n) is 2.70. The second-order valence-electron chi connectivity index (χ2n) is 4.66. The van der Waals surface area contributed by atoms with Gasteiger partial charge in [0.05, 0.1) is 0 Å². The molecule has 0 aromatic heterocycles. The van der Waals surface area contributed by atoms with E-state index in [0.29, 0.717) is 0 Å². The van der Waals surface area contributed by atoms with Crippen molar-refractivity contribution in [1.82, 2.24) is 0 Å². The Balaban J connectivity index is 3.32. The molecule has 2 N–H and O–H groups in total. The smallest absolute Gasteiger partial charge is 0.337 e. The molecular formula is C12H15BrO10. The number of alkyl halides is 1. The molecule has 0 aromatic carbocycles. The van der Waals surface area contributed by atoms with Crippen LogP contribution >= 0.6 is 15.9 Å². The molecule has 0 aromatic rings. The number of hydrogen-bond donors (Lipinski definition) is 2. The number of carboxylic acid groups (broad SMARTS) is 1. The summed E-state index contributed by atoms with van der Waals surface area (Å²) in [7, 11) is 0. The molecule has 0 aliphatic carbocycles. The predicted molar refractivity (Wildman–Crippen MR) is 73.0 cm³/mol. The molecule has 10 nitrogen and oxygen atoms in total. The molecular weight excluding hydrogens is 384 g/mol. The van der Waals surface area contributed by atoms with Crippen molar-refractivity contribution in [3.8, 4) is 0 Å². The summed E-state index contributed by atoms with van der Waals surface area (Å²) >= 11 is 2.68. The molecule has 1 aliphatic heterocycles. The monoisotopic (exact) mass is 398 g/mol. The summed E-state index contributed by atoms with van der Waals surface area (Å²) in [5.41, 5.74) is 0. The predicted octanol–water partition coefficient (Wildman–Crippen LogP) is -0.694. The summed E-state index contributed by atoms with van der Waals surface area (Å²) in [6.07, 6.45) is -6.81.